The first-order valence-corrected chi connectivity index (χ1v) is 10.3. The summed E-state index contributed by atoms with van der Waals surface area (Å²) in [6.07, 6.45) is 0. The van der Waals surface area contributed by atoms with E-state index in [1.54, 1.807) is 25.3 Å². The summed E-state index contributed by atoms with van der Waals surface area (Å²) in [6, 6.07) is 13.0. The van der Waals surface area contributed by atoms with Gasteiger partial charge in [-0.15, -0.1) is 0 Å². The van der Waals surface area contributed by atoms with Crippen molar-refractivity contribution in [3.05, 3.63) is 53.6 Å². The number of nitrogens with one attached hydrogen (secondary N) is 2. The summed E-state index contributed by atoms with van der Waals surface area (Å²) in [5, 5.41) is 6.12. The maximum absolute atomic E-state index is 12.9. The average molecular weight is 427 g/mol. The Labute approximate surface area is 183 Å². The van der Waals surface area contributed by atoms with Crippen LogP contribution in [0.4, 0.5) is 5.69 Å². The molecule has 0 aromatic heterocycles. The highest BCUT2D eigenvalue weighted by atomic mass is 16.5. The number of hydrogen-bond donors (Lipinski definition) is 2. The predicted octanol–water partition coefficient (Wildman–Crippen LogP) is 2.54. The predicted molar refractivity (Wildman–Crippen MR) is 121 cm³/mol. The zero-order valence-corrected chi connectivity index (χ0v) is 18.3. The summed E-state index contributed by atoms with van der Waals surface area (Å²) < 4.78 is 15.9. The van der Waals surface area contributed by atoms with Gasteiger partial charge in [0.25, 0.3) is 5.91 Å². The quantitative estimate of drug-likeness (QED) is 0.523. The molecular weight excluding hydrogens is 396 g/mol. The molecule has 8 heteroatoms. The Kier molecular flexibility index (Phi) is 8.26. The van der Waals surface area contributed by atoms with E-state index in [1.165, 1.54) is 7.11 Å². The fourth-order valence-corrected chi connectivity index (χ4v) is 3.26. The molecule has 1 aliphatic heterocycles. The lowest BCUT2D eigenvalue weighted by Gasteiger charge is -2.25. The lowest BCUT2D eigenvalue weighted by Crippen LogP contribution is -2.39. The molecule has 0 saturated carbocycles. The van der Waals surface area contributed by atoms with Gasteiger partial charge in [-0.25, -0.2) is 0 Å². The SMILES string of the molecule is COc1ccc(C(=O)NC(=NCCN2CCOCC2)Nc2cccc(C)c2)cc1OC. The van der Waals surface area contributed by atoms with E-state index in [0.29, 0.717) is 29.6 Å². The number of rotatable bonds is 7. The second kappa shape index (κ2) is 11.3. The van der Waals surface area contributed by atoms with Gasteiger partial charge >= 0.3 is 0 Å². The van der Waals surface area contributed by atoms with Crippen molar-refractivity contribution in [2.24, 2.45) is 4.99 Å². The molecule has 1 heterocycles. The van der Waals surface area contributed by atoms with Crippen molar-refractivity contribution in [2.45, 2.75) is 6.92 Å². The van der Waals surface area contributed by atoms with Crippen molar-refractivity contribution < 1.29 is 19.0 Å². The number of hydrogen-bond acceptors (Lipinski definition) is 6. The van der Waals surface area contributed by atoms with E-state index in [-0.39, 0.29) is 5.91 Å². The third kappa shape index (κ3) is 6.70. The molecule has 0 atom stereocenters. The Bertz CT molecular complexity index is 910. The third-order valence-electron chi connectivity index (χ3n) is 4.95. The number of aliphatic imine (C=N–C) groups is 1. The molecule has 0 spiro atoms. The van der Waals surface area contributed by atoms with Crippen LogP contribution >= 0.6 is 0 Å². The molecule has 2 N–H and O–H groups in total. The number of nitrogens with zero attached hydrogens (tertiary/aromatic N) is 2. The first-order valence-electron chi connectivity index (χ1n) is 10.3. The number of aryl methyl sites for hydroxylation is 1. The number of carbonyl (C=O) groups excluding carboxylic acids is 1. The molecule has 0 bridgehead atoms. The van der Waals surface area contributed by atoms with Gasteiger partial charge in [-0.1, -0.05) is 12.1 Å². The molecule has 0 aliphatic carbocycles. The fourth-order valence-electron chi connectivity index (χ4n) is 3.26. The Balaban J connectivity index is 1.73. The number of anilines is 1. The molecule has 31 heavy (non-hydrogen) atoms. The highest BCUT2D eigenvalue weighted by Crippen LogP contribution is 2.27. The first-order chi connectivity index (χ1) is 15.1. The van der Waals surface area contributed by atoms with Crippen LogP contribution in [0.5, 0.6) is 11.5 Å². The van der Waals surface area contributed by atoms with Crippen LogP contribution in [-0.2, 0) is 4.74 Å². The summed E-state index contributed by atoms with van der Waals surface area (Å²) in [7, 11) is 3.10. The van der Waals surface area contributed by atoms with Crippen molar-refractivity contribution in [2.75, 3.05) is 58.9 Å². The van der Waals surface area contributed by atoms with E-state index < -0.39 is 0 Å². The number of methoxy groups -OCH3 is 2. The van der Waals surface area contributed by atoms with Crippen LogP contribution in [0.2, 0.25) is 0 Å². The summed E-state index contributed by atoms with van der Waals surface area (Å²) in [5.41, 5.74) is 2.42. The van der Waals surface area contributed by atoms with Crippen LogP contribution < -0.4 is 20.1 Å². The largest absolute Gasteiger partial charge is 0.493 e. The summed E-state index contributed by atoms with van der Waals surface area (Å²) in [4.78, 5) is 19.8. The monoisotopic (exact) mass is 426 g/mol. The first kappa shape index (κ1) is 22.6. The van der Waals surface area contributed by atoms with Crippen molar-refractivity contribution in [3.8, 4) is 11.5 Å². The third-order valence-corrected chi connectivity index (χ3v) is 4.95. The molecule has 1 amide bonds. The van der Waals surface area contributed by atoms with Gasteiger partial charge in [0.15, 0.2) is 11.5 Å². The van der Waals surface area contributed by atoms with Crippen LogP contribution in [0.1, 0.15) is 15.9 Å². The van der Waals surface area contributed by atoms with Gasteiger partial charge < -0.3 is 19.5 Å². The standard InChI is InChI=1S/C23H30N4O4/c1-17-5-4-6-19(15-17)25-23(24-9-10-27-11-13-31-14-12-27)26-22(28)18-7-8-20(29-2)21(16-18)30-3/h4-8,15-16H,9-14H2,1-3H3,(H2,24,25,26,28). The Morgan fingerprint density at radius 3 is 2.58 bits per heavy atom. The molecule has 0 unspecified atom stereocenters. The Morgan fingerprint density at radius 2 is 1.87 bits per heavy atom. The maximum Gasteiger partial charge on any atom is 0.258 e. The number of morpholine rings is 1. The van der Waals surface area contributed by atoms with E-state index in [0.717, 1.165) is 44.1 Å². The minimum absolute atomic E-state index is 0.286. The minimum Gasteiger partial charge on any atom is -0.493 e. The summed E-state index contributed by atoms with van der Waals surface area (Å²) >= 11 is 0. The molecule has 3 rings (SSSR count). The molecule has 1 saturated heterocycles. The van der Waals surface area contributed by atoms with Gasteiger partial charge in [0.1, 0.15) is 0 Å². The minimum atomic E-state index is -0.286. The number of amides is 1. The van der Waals surface area contributed by atoms with Gasteiger partial charge in [0.2, 0.25) is 5.96 Å². The van der Waals surface area contributed by atoms with Crippen molar-refractivity contribution >= 4 is 17.6 Å². The van der Waals surface area contributed by atoms with Crippen molar-refractivity contribution in [1.29, 1.82) is 0 Å². The van der Waals surface area contributed by atoms with Crippen molar-refractivity contribution in [3.63, 3.8) is 0 Å². The van der Waals surface area contributed by atoms with E-state index in [2.05, 4.69) is 20.5 Å². The highest BCUT2D eigenvalue weighted by Gasteiger charge is 2.14. The van der Waals surface area contributed by atoms with E-state index in [1.807, 2.05) is 31.2 Å². The summed E-state index contributed by atoms with van der Waals surface area (Å²) in [5.74, 6) is 1.17. The molecule has 8 nitrogen and oxygen atoms in total. The van der Waals surface area contributed by atoms with Gasteiger partial charge in [-0.3, -0.25) is 20.0 Å². The summed E-state index contributed by atoms with van der Waals surface area (Å²) in [6.45, 7) is 6.65. The maximum atomic E-state index is 12.9. The van der Waals surface area contributed by atoms with Crippen LogP contribution in [0.25, 0.3) is 0 Å². The van der Waals surface area contributed by atoms with Gasteiger partial charge in [0, 0.05) is 30.9 Å². The molecule has 0 radical (unpaired) electrons. The van der Waals surface area contributed by atoms with Gasteiger partial charge in [-0.2, -0.15) is 0 Å². The highest BCUT2D eigenvalue weighted by molar-refractivity contribution is 6.10. The zero-order valence-electron chi connectivity index (χ0n) is 18.3. The van der Waals surface area contributed by atoms with Crippen molar-refractivity contribution in [1.82, 2.24) is 10.2 Å². The number of benzene rings is 2. The Hall–Kier alpha value is -3.10. The van der Waals surface area contributed by atoms with Crippen LogP contribution in [0, 0.1) is 6.92 Å². The van der Waals surface area contributed by atoms with Gasteiger partial charge in [-0.05, 0) is 42.8 Å². The molecule has 1 fully saturated rings. The fraction of sp³-hybridized carbons (Fsp3) is 0.391. The zero-order chi connectivity index (χ0) is 22.1. The lowest BCUT2D eigenvalue weighted by molar-refractivity contribution is 0.0394. The van der Waals surface area contributed by atoms with E-state index in [4.69, 9.17) is 14.2 Å². The molecular formula is C23H30N4O4. The number of guanidine groups is 1. The van der Waals surface area contributed by atoms with Crippen LogP contribution in [0.3, 0.4) is 0 Å². The molecule has 1 aliphatic rings. The second-order valence-electron chi connectivity index (χ2n) is 7.20. The molecule has 2 aromatic carbocycles. The smallest absolute Gasteiger partial charge is 0.258 e. The topological polar surface area (TPSA) is 84.4 Å². The van der Waals surface area contributed by atoms with E-state index in [9.17, 15) is 4.79 Å². The van der Waals surface area contributed by atoms with Gasteiger partial charge in [0.05, 0.1) is 34.0 Å². The Morgan fingerprint density at radius 1 is 1.10 bits per heavy atom. The van der Waals surface area contributed by atoms with Crippen LogP contribution in [0.15, 0.2) is 47.5 Å². The van der Waals surface area contributed by atoms with Crippen LogP contribution in [-0.4, -0.2) is 70.4 Å². The second-order valence-corrected chi connectivity index (χ2v) is 7.20. The normalized spacial score (nSPS) is 14.7. The number of carbonyl (C=O) groups is 1. The lowest BCUT2D eigenvalue weighted by atomic mass is 10.2. The average Bonchev–Trinajstić information content (AvgIpc) is 2.79. The number of ether oxygens (including phenoxy) is 3. The molecule has 2 aromatic rings. The molecule has 166 valence electrons. The van der Waals surface area contributed by atoms with E-state index >= 15 is 0 Å².